The Labute approximate surface area is 185 Å². The maximum Gasteiger partial charge on any atom is 0.305 e. The second-order valence-corrected chi connectivity index (χ2v) is 8.89. The zero-order valence-corrected chi connectivity index (χ0v) is 19.4. The average molecular weight is 448 g/mol. The number of hydrogen-bond donors (Lipinski definition) is 2. The van der Waals surface area contributed by atoms with Crippen molar-refractivity contribution < 1.29 is 19.1 Å². The van der Waals surface area contributed by atoms with Crippen LogP contribution in [0.3, 0.4) is 0 Å². The van der Waals surface area contributed by atoms with Crippen LogP contribution < -0.4 is 10.6 Å². The van der Waals surface area contributed by atoms with E-state index in [0.29, 0.717) is 36.8 Å². The Hall–Kier alpha value is -2.75. The van der Waals surface area contributed by atoms with E-state index < -0.39 is 0 Å². The molecule has 2 heterocycles. The van der Waals surface area contributed by atoms with Crippen LogP contribution in [0.5, 0.6) is 0 Å². The number of carbonyl (C=O) groups is 3. The van der Waals surface area contributed by atoms with Gasteiger partial charge in [-0.15, -0.1) is 0 Å². The molecule has 2 aromatic heterocycles. The summed E-state index contributed by atoms with van der Waals surface area (Å²) < 4.78 is 6.78. The van der Waals surface area contributed by atoms with Gasteiger partial charge in [-0.05, 0) is 39.5 Å². The number of rotatable bonds is 8. The highest BCUT2D eigenvalue weighted by Gasteiger charge is 2.35. The molecular formula is C21H29N5O4S. The van der Waals surface area contributed by atoms with Gasteiger partial charge in [-0.3, -0.25) is 19.1 Å². The minimum absolute atomic E-state index is 0.0450. The fourth-order valence-corrected chi connectivity index (χ4v) is 4.80. The minimum atomic E-state index is -0.264. The SMILES string of the molecule is CCOC(=O)CCCNC(=O)c1nn(C(C)C)c2c1C(C)Cc1nc(NC(C)=O)sc1-2. The van der Waals surface area contributed by atoms with Crippen molar-refractivity contribution in [3.05, 3.63) is 17.0 Å². The molecule has 3 rings (SSSR count). The molecule has 2 aromatic rings. The second-order valence-electron chi connectivity index (χ2n) is 7.89. The first-order valence-electron chi connectivity index (χ1n) is 10.6. The Morgan fingerprint density at radius 1 is 1.32 bits per heavy atom. The first-order chi connectivity index (χ1) is 14.7. The maximum absolute atomic E-state index is 13.0. The Balaban J connectivity index is 1.87. The standard InChI is InChI=1S/C21H29N5O4S/c1-6-30-15(28)8-7-9-22-20(29)17-16-12(4)10-14-19(18(16)26(25-17)11(2)3)31-21(24-14)23-13(5)27/h11-12H,6-10H2,1-5H3,(H,22,29)(H,23,24,27). The third-order valence-electron chi connectivity index (χ3n) is 4.99. The molecule has 0 fully saturated rings. The molecule has 0 bridgehead atoms. The van der Waals surface area contributed by atoms with Crippen LogP contribution in [0.4, 0.5) is 5.13 Å². The van der Waals surface area contributed by atoms with E-state index in [4.69, 9.17) is 4.74 Å². The van der Waals surface area contributed by atoms with Crippen LogP contribution in [0.25, 0.3) is 10.6 Å². The number of hydrogen-bond acceptors (Lipinski definition) is 7. The molecule has 2 N–H and O–H groups in total. The first kappa shape index (κ1) is 22.9. The fourth-order valence-electron chi connectivity index (χ4n) is 3.70. The summed E-state index contributed by atoms with van der Waals surface area (Å²) >= 11 is 1.41. The van der Waals surface area contributed by atoms with Crippen molar-refractivity contribution in [2.24, 2.45) is 0 Å². The van der Waals surface area contributed by atoms with Gasteiger partial charge < -0.3 is 15.4 Å². The fraction of sp³-hybridized carbons (Fsp3) is 0.571. The van der Waals surface area contributed by atoms with Crippen molar-refractivity contribution in [2.45, 2.75) is 65.8 Å². The van der Waals surface area contributed by atoms with Gasteiger partial charge in [0.05, 0.1) is 22.9 Å². The van der Waals surface area contributed by atoms with E-state index in [0.717, 1.165) is 21.8 Å². The molecule has 10 heteroatoms. The molecule has 1 aliphatic rings. The van der Waals surface area contributed by atoms with E-state index in [1.807, 2.05) is 18.5 Å². The lowest BCUT2D eigenvalue weighted by Gasteiger charge is -2.20. The second kappa shape index (κ2) is 9.59. The topological polar surface area (TPSA) is 115 Å². The number of fused-ring (bicyclic) bond motifs is 3. The van der Waals surface area contributed by atoms with Crippen molar-refractivity contribution in [3.63, 3.8) is 0 Å². The Bertz CT molecular complexity index is 994. The molecule has 1 atom stereocenters. The number of anilines is 1. The van der Waals surface area contributed by atoms with Gasteiger partial charge in [-0.1, -0.05) is 18.3 Å². The zero-order valence-electron chi connectivity index (χ0n) is 18.6. The van der Waals surface area contributed by atoms with E-state index in [-0.39, 0.29) is 36.2 Å². The van der Waals surface area contributed by atoms with Crippen molar-refractivity contribution in [3.8, 4) is 10.6 Å². The van der Waals surface area contributed by atoms with Crippen LogP contribution in [0.1, 0.15) is 81.2 Å². The Morgan fingerprint density at radius 2 is 2.06 bits per heavy atom. The third-order valence-corrected chi connectivity index (χ3v) is 6.01. The zero-order chi connectivity index (χ0) is 22.7. The van der Waals surface area contributed by atoms with E-state index in [9.17, 15) is 14.4 Å². The summed E-state index contributed by atoms with van der Waals surface area (Å²) in [6.07, 6.45) is 1.44. The van der Waals surface area contributed by atoms with Crippen LogP contribution >= 0.6 is 11.3 Å². The van der Waals surface area contributed by atoms with E-state index in [1.165, 1.54) is 18.3 Å². The Kier molecular flexibility index (Phi) is 7.09. The molecule has 1 aliphatic carbocycles. The van der Waals surface area contributed by atoms with Gasteiger partial charge in [0, 0.05) is 31.5 Å². The molecule has 0 radical (unpaired) electrons. The number of esters is 1. The molecule has 0 saturated heterocycles. The van der Waals surface area contributed by atoms with E-state index in [1.54, 1.807) is 6.92 Å². The quantitative estimate of drug-likeness (QED) is 0.474. The third kappa shape index (κ3) is 4.95. The van der Waals surface area contributed by atoms with Crippen LogP contribution in [0.15, 0.2) is 0 Å². The molecule has 0 aliphatic heterocycles. The first-order valence-corrected chi connectivity index (χ1v) is 11.4. The summed E-state index contributed by atoms with van der Waals surface area (Å²) in [5, 5.41) is 10.9. The monoisotopic (exact) mass is 447 g/mol. The van der Waals surface area contributed by atoms with Gasteiger partial charge in [0.1, 0.15) is 0 Å². The van der Waals surface area contributed by atoms with Gasteiger partial charge in [0.15, 0.2) is 10.8 Å². The van der Waals surface area contributed by atoms with Crippen molar-refractivity contribution >= 4 is 34.3 Å². The predicted molar refractivity (Wildman–Crippen MR) is 118 cm³/mol. The Morgan fingerprint density at radius 3 is 2.71 bits per heavy atom. The molecule has 1 unspecified atom stereocenters. The van der Waals surface area contributed by atoms with Gasteiger partial charge >= 0.3 is 5.97 Å². The van der Waals surface area contributed by atoms with Crippen LogP contribution in [-0.4, -0.2) is 45.7 Å². The van der Waals surface area contributed by atoms with E-state index in [2.05, 4.69) is 27.6 Å². The van der Waals surface area contributed by atoms with E-state index >= 15 is 0 Å². The molecule has 2 amide bonds. The lowest BCUT2D eigenvalue weighted by Crippen LogP contribution is -2.27. The number of nitrogens with zero attached hydrogens (tertiary/aromatic N) is 3. The number of thiazole rings is 1. The number of ether oxygens (including phenoxy) is 1. The smallest absolute Gasteiger partial charge is 0.305 e. The lowest BCUT2D eigenvalue weighted by molar-refractivity contribution is -0.143. The normalized spacial score (nSPS) is 14.7. The molecule has 0 aromatic carbocycles. The van der Waals surface area contributed by atoms with Crippen LogP contribution in [0, 0.1) is 0 Å². The summed E-state index contributed by atoms with van der Waals surface area (Å²) in [5.41, 5.74) is 3.13. The highest BCUT2D eigenvalue weighted by molar-refractivity contribution is 7.19. The molecule has 0 spiro atoms. The van der Waals surface area contributed by atoms with Crippen LogP contribution in [0.2, 0.25) is 0 Å². The number of nitrogens with one attached hydrogen (secondary N) is 2. The van der Waals surface area contributed by atoms with Crippen molar-refractivity contribution in [1.29, 1.82) is 0 Å². The maximum atomic E-state index is 13.0. The summed E-state index contributed by atoms with van der Waals surface area (Å²) in [6.45, 7) is 10.0. The van der Waals surface area contributed by atoms with Gasteiger partial charge in [-0.25, -0.2) is 4.98 Å². The average Bonchev–Trinajstić information content (AvgIpc) is 3.26. The summed E-state index contributed by atoms with van der Waals surface area (Å²) in [6, 6.07) is 0.0450. The molecular weight excluding hydrogens is 418 g/mol. The molecule has 9 nitrogen and oxygen atoms in total. The van der Waals surface area contributed by atoms with Gasteiger partial charge in [-0.2, -0.15) is 5.10 Å². The number of aromatic nitrogens is 3. The minimum Gasteiger partial charge on any atom is -0.466 e. The van der Waals surface area contributed by atoms with Crippen molar-refractivity contribution in [1.82, 2.24) is 20.1 Å². The molecule has 0 saturated carbocycles. The highest BCUT2D eigenvalue weighted by atomic mass is 32.1. The molecule has 31 heavy (non-hydrogen) atoms. The lowest BCUT2D eigenvalue weighted by atomic mass is 9.87. The van der Waals surface area contributed by atoms with Crippen molar-refractivity contribution in [2.75, 3.05) is 18.5 Å². The molecule has 168 valence electrons. The summed E-state index contributed by atoms with van der Waals surface area (Å²) in [7, 11) is 0. The largest absolute Gasteiger partial charge is 0.466 e. The van der Waals surface area contributed by atoms with Crippen LogP contribution in [-0.2, 0) is 20.7 Å². The van der Waals surface area contributed by atoms with Gasteiger partial charge in [0.25, 0.3) is 5.91 Å². The highest BCUT2D eigenvalue weighted by Crippen LogP contribution is 2.46. The summed E-state index contributed by atoms with van der Waals surface area (Å²) in [5.74, 6) is -0.622. The van der Waals surface area contributed by atoms with Gasteiger partial charge in [0.2, 0.25) is 5.91 Å². The number of amides is 2. The number of carbonyl (C=O) groups excluding carboxylic acids is 3. The summed E-state index contributed by atoms with van der Waals surface area (Å²) in [4.78, 5) is 41.4. The predicted octanol–water partition coefficient (Wildman–Crippen LogP) is 3.28.